The number of nitrogens with zero attached hydrogens (tertiary/aromatic N) is 1. The number of anilines is 1. The van der Waals surface area contributed by atoms with Gasteiger partial charge in [-0.05, 0) is 32.3 Å². The van der Waals surface area contributed by atoms with E-state index in [4.69, 9.17) is 4.42 Å². The van der Waals surface area contributed by atoms with Gasteiger partial charge in [-0.25, -0.2) is 0 Å². The number of hydrogen-bond acceptors (Lipinski definition) is 2. The number of hydrogen-bond donors (Lipinski definition) is 0. The lowest BCUT2D eigenvalue weighted by atomic mass is 10.1. The first-order valence-electron chi connectivity index (χ1n) is 6.09. The van der Waals surface area contributed by atoms with E-state index in [-0.39, 0.29) is 0 Å². The van der Waals surface area contributed by atoms with Crippen LogP contribution in [0.15, 0.2) is 28.7 Å². The first-order chi connectivity index (χ1) is 7.86. The van der Waals surface area contributed by atoms with Crippen molar-refractivity contribution in [3.63, 3.8) is 0 Å². The number of aryl methyl sites for hydroxylation is 1. The second-order valence-corrected chi connectivity index (χ2v) is 4.58. The molecule has 2 aromatic rings. The van der Waals surface area contributed by atoms with Crippen LogP contribution in [0.5, 0.6) is 0 Å². The largest absolute Gasteiger partial charge is 0.440 e. The molecule has 0 bridgehead atoms. The molecule has 0 atom stereocenters. The molecule has 3 rings (SSSR count). The minimum Gasteiger partial charge on any atom is -0.440 e. The predicted octanol–water partition coefficient (Wildman–Crippen LogP) is 3.73. The van der Waals surface area contributed by atoms with Crippen LogP contribution >= 0.6 is 0 Å². The molecule has 1 aliphatic rings. The number of benzene rings is 1. The summed E-state index contributed by atoms with van der Waals surface area (Å²) < 4.78 is 5.96. The van der Waals surface area contributed by atoms with Gasteiger partial charge in [0.2, 0.25) is 0 Å². The molecule has 0 saturated carbocycles. The molecule has 1 aromatic carbocycles. The smallest absolute Gasteiger partial charge is 0.199 e. The van der Waals surface area contributed by atoms with Gasteiger partial charge in [0.05, 0.1) is 0 Å². The lowest BCUT2D eigenvalue weighted by Gasteiger charge is -2.26. The molecule has 2 heteroatoms. The Kier molecular flexibility index (Phi) is 2.35. The number of para-hydroxylation sites is 1. The van der Waals surface area contributed by atoms with E-state index in [1.807, 2.05) is 6.07 Å². The normalized spacial score (nSPS) is 16.9. The highest BCUT2D eigenvalue weighted by Gasteiger charge is 2.18. The van der Waals surface area contributed by atoms with Crippen LogP contribution in [0.1, 0.15) is 24.8 Å². The first kappa shape index (κ1) is 9.76. The van der Waals surface area contributed by atoms with E-state index in [1.54, 1.807) is 0 Å². The number of furan rings is 1. The summed E-state index contributed by atoms with van der Waals surface area (Å²) in [7, 11) is 0. The second kappa shape index (κ2) is 3.85. The predicted molar refractivity (Wildman–Crippen MR) is 67.0 cm³/mol. The van der Waals surface area contributed by atoms with E-state index in [1.165, 1.54) is 30.2 Å². The molecule has 0 unspecified atom stereocenters. The number of piperidine rings is 1. The summed E-state index contributed by atoms with van der Waals surface area (Å²) in [6.07, 6.45) is 3.93. The molecular formula is C14H17NO. The molecule has 1 aliphatic heterocycles. The molecule has 0 spiro atoms. The lowest BCUT2D eigenvalue weighted by Crippen LogP contribution is -2.29. The molecule has 0 aliphatic carbocycles. The average molecular weight is 215 g/mol. The SMILES string of the molecule is Cc1c(N2CCCCC2)oc2ccccc12. The fraction of sp³-hybridized carbons (Fsp3) is 0.429. The molecule has 1 aromatic heterocycles. The molecule has 1 fully saturated rings. The zero-order valence-corrected chi connectivity index (χ0v) is 9.70. The van der Waals surface area contributed by atoms with Gasteiger partial charge >= 0.3 is 0 Å². The molecule has 1 saturated heterocycles. The van der Waals surface area contributed by atoms with Crippen molar-refractivity contribution in [2.75, 3.05) is 18.0 Å². The van der Waals surface area contributed by atoms with Gasteiger partial charge in [-0.3, -0.25) is 0 Å². The molecule has 16 heavy (non-hydrogen) atoms. The van der Waals surface area contributed by atoms with E-state index in [0.29, 0.717) is 0 Å². The third-order valence-corrected chi connectivity index (χ3v) is 3.46. The van der Waals surface area contributed by atoms with Crippen LogP contribution in [0.25, 0.3) is 11.0 Å². The molecule has 0 radical (unpaired) electrons. The maximum absolute atomic E-state index is 5.96. The fourth-order valence-electron chi connectivity index (χ4n) is 2.56. The van der Waals surface area contributed by atoms with Crippen molar-refractivity contribution in [3.8, 4) is 0 Å². The Morgan fingerprint density at radius 3 is 2.56 bits per heavy atom. The summed E-state index contributed by atoms with van der Waals surface area (Å²) >= 11 is 0. The van der Waals surface area contributed by atoms with Crippen molar-refractivity contribution in [2.24, 2.45) is 0 Å². The Labute approximate surface area is 95.9 Å². The van der Waals surface area contributed by atoms with Gasteiger partial charge in [0.25, 0.3) is 0 Å². The van der Waals surface area contributed by atoms with Crippen molar-refractivity contribution in [1.82, 2.24) is 0 Å². The lowest BCUT2D eigenvalue weighted by molar-refractivity contribution is 0.517. The molecule has 84 valence electrons. The molecule has 0 amide bonds. The summed E-state index contributed by atoms with van der Waals surface area (Å²) in [6.45, 7) is 4.44. The highest BCUT2D eigenvalue weighted by atomic mass is 16.4. The van der Waals surface area contributed by atoms with Gasteiger partial charge in [-0.15, -0.1) is 0 Å². The van der Waals surface area contributed by atoms with E-state index >= 15 is 0 Å². The van der Waals surface area contributed by atoms with Crippen LogP contribution in [-0.4, -0.2) is 13.1 Å². The van der Waals surface area contributed by atoms with Crippen molar-refractivity contribution in [3.05, 3.63) is 29.8 Å². The van der Waals surface area contributed by atoms with Crippen LogP contribution in [0, 0.1) is 6.92 Å². The van der Waals surface area contributed by atoms with E-state index in [2.05, 4.69) is 30.0 Å². The van der Waals surface area contributed by atoms with Crippen LogP contribution in [-0.2, 0) is 0 Å². The van der Waals surface area contributed by atoms with Gasteiger partial charge in [0.1, 0.15) is 5.58 Å². The third kappa shape index (κ3) is 1.49. The average Bonchev–Trinajstić information content (AvgIpc) is 2.69. The Bertz CT molecular complexity index is 494. The molecular weight excluding hydrogens is 198 g/mol. The zero-order valence-electron chi connectivity index (χ0n) is 9.70. The monoisotopic (exact) mass is 215 g/mol. The maximum atomic E-state index is 5.96. The summed E-state index contributed by atoms with van der Waals surface area (Å²) in [6, 6.07) is 8.30. The van der Waals surface area contributed by atoms with Crippen LogP contribution in [0.3, 0.4) is 0 Å². The Morgan fingerprint density at radius 2 is 1.81 bits per heavy atom. The van der Waals surface area contributed by atoms with Crippen molar-refractivity contribution in [2.45, 2.75) is 26.2 Å². The highest BCUT2D eigenvalue weighted by molar-refractivity contribution is 5.85. The number of fused-ring (bicyclic) bond motifs is 1. The maximum Gasteiger partial charge on any atom is 0.199 e. The molecule has 2 nitrogen and oxygen atoms in total. The highest BCUT2D eigenvalue weighted by Crippen LogP contribution is 2.32. The van der Waals surface area contributed by atoms with E-state index in [0.717, 1.165) is 24.6 Å². The van der Waals surface area contributed by atoms with Gasteiger partial charge in [0, 0.05) is 24.0 Å². The Balaban J connectivity index is 2.05. The van der Waals surface area contributed by atoms with Gasteiger partial charge in [0.15, 0.2) is 5.88 Å². The van der Waals surface area contributed by atoms with Crippen molar-refractivity contribution < 1.29 is 4.42 Å². The second-order valence-electron chi connectivity index (χ2n) is 4.58. The summed E-state index contributed by atoms with van der Waals surface area (Å²) in [4.78, 5) is 2.39. The topological polar surface area (TPSA) is 16.4 Å². The van der Waals surface area contributed by atoms with Crippen molar-refractivity contribution >= 4 is 16.9 Å². The van der Waals surface area contributed by atoms with Crippen LogP contribution in [0.2, 0.25) is 0 Å². The van der Waals surface area contributed by atoms with E-state index in [9.17, 15) is 0 Å². The summed E-state index contributed by atoms with van der Waals surface area (Å²) in [5.74, 6) is 1.08. The number of rotatable bonds is 1. The van der Waals surface area contributed by atoms with Gasteiger partial charge < -0.3 is 9.32 Å². The Hall–Kier alpha value is -1.44. The van der Waals surface area contributed by atoms with E-state index < -0.39 is 0 Å². The third-order valence-electron chi connectivity index (χ3n) is 3.46. The molecule has 0 N–H and O–H groups in total. The Morgan fingerprint density at radius 1 is 1.06 bits per heavy atom. The minimum absolute atomic E-state index is 1.01. The molecule has 2 heterocycles. The minimum atomic E-state index is 1.01. The van der Waals surface area contributed by atoms with Gasteiger partial charge in [-0.1, -0.05) is 18.2 Å². The summed E-state index contributed by atoms with van der Waals surface area (Å²) in [5.41, 5.74) is 2.30. The van der Waals surface area contributed by atoms with Gasteiger partial charge in [-0.2, -0.15) is 0 Å². The zero-order chi connectivity index (χ0) is 11.0. The standard InChI is InChI=1S/C14H17NO/c1-11-12-7-3-4-8-13(12)16-14(11)15-9-5-2-6-10-15/h3-4,7-8H,2,5-6,9-10H2,1H3. The van der Waals surface area contributed by atoms with Crippen molar-refractivity contribution in [1.29, 1.82) is 0 Å². The first-order valence-corrected chi connectivity index (χ1v) is 6.09. The fourth-order valence-corrected chi connectivity index (χ4v) is 2.56. The van der Waals surface area contributed by atoms with Crippen LogP contribution in [0.4, 0.5) is 5.88 Å². The quantitative estimate of drug-likeness (QED) is 0.720. The summed E-state index contributed by atoms with van der Waals surface area (Å²) in [5, 5.41) is 1.25. The van der Waals surface area contributed by atoms with Crippen LogP contribution < -0.4 is 4.90 Å².